The van der Waals surface area contributed by atoms with Crippen LogP contribution in [0.5, 0.6) is 0 Å². The number of halogens is 1. The molecular formula is C8H12ClNO2S. The zero-order valence-electron chi connectivity index (χ0n) is 7.22. The Morgan fingerprint density at radius 2 is 2.31 bits per heavy atom. The molecule has 74 valence electrons. The van der Waals surface area contributed by atoms with Crippen molar-refractivity contribution in [2.45, 2.75) is 19.3 Å². The van der Waals surface area contributed by atoms with Crippen molar-refractivity contribution in [2.24, 2.45) is 5.92 Å². The monoisotopic (exact) mass is 221 g/mol. The van der Waals surface area contributed by atoms with E-state index in [-0.39, 0.29) is 0 Å². The summed E-state index contributed by atoms with van der Waals surface area (Å²) in [4.78, 5) is 0. The highest BCUT2D eigenvalue weighted by molar-refractivity contribution is 8.17. The second-order valence-corrected chi connectivity index (χ2v) is 5.43. The van der Waals surface area contributed by atoms with Crippen LogP contribution in [-0.4, -0.2) is 21.5 Å². The molecule has 0 radical (unpaired) electrons. The summed E-state index contributed by atoms with van der Waals surface area (Å²) in [5.74, 6) is 3.06. The smallest absolute Gasteiger partial charge is 0.300 e. The molecule has 0 saturated carbocycles. The molecule has 0 spiro atoms. The average molecular weight is 222 g/mol. The van der Waals surface area contributed by atoms with Gasteiger partial charge in [-0.3, -0.25) is 0 Å². The fraction of sp³-hybridized carbons (Fsp3) is 0.750. The van der Waals surface area contributed by atoms with Gasteiger partial charge in [0.2, 0.25) is 0 Å². The normalized spacial score (nSPS) is 23.3. The minimum Gasteiger partial charge on any atom is -0.316 e. The molecule has 5 heteroatoms. The molecule has 1 saturated heterocycles. The highest BCUT2D eigenvalue weighted by atomic mass is 35.7. The van der Waals surface area contributed by atoms with Gasteiger partial charge in [0.1, 0.15) is 0 Å². The molecule has 1 aliphatic heterocycles. The number of hydrogen-bond donors (Lipinski definition) is 1. The van der Waals surface area contributed by atoms with E-state index in [4.69, 9.17) is 10.7 Å². The average Bonchev–Trinajstić information content (AvgIpc) is 2.04. The van der Waals surface area contributed by atoms with Crippen LogP contribution in [0.25, 0.3) is 0 Å². The maximum Gasteiger partial charge on any atom is 0.300 e. The maximum absolute atomic E-state index is 10.4. The highest BCUT2D eigenvalue weighted by Gasteiger charge is 2.11. The summed E-state index contributed by atoms with van der Waals surface area (Å²) in [5, 5.41) is 5.26. The van der Waals surface area contributed by atoms with Crippen LogP contribution in [0.15, 0.2) is 0 Å². The lowest BCUT2D eigenvalue weighted by Gasteiger charge is -2.20. The predicted octanol–water partition coefficient (Wildman–Crippen LogP) is 0.906. The third kappa shape index (κ3) is 5.14. The van der Waals surface area contributed by atoms with Gasteiger partial charge in [0.25, 0.3) is 0 Å². The molecule has 0 amide bonds. The van der Waals surface area contributed by atoms with Gasteiger partial charge in [0.15, 0.2) is 0 Å². The third-order valence-corrected chi connectivity index (χ3v) is 2.60. The first-order valence-electron chi connectivity index (χ1n) is 4.23. The topological polar surface area (TPSA) is 46.2 Å². The lowest BCUT2D eigenvalue weighted by molar-refractivity contribution is 0.384. The zero-order chi connectivity index (χ0) is 9.73. The molecule has 1 unspecified atom stereocenters. The van der Waals surface area contributed by atoms with Gasteiger partial charge in [-0.05, 0) is 31.8 Å². The van der Waals surface area contributed by atoms with E-state index in [1.54, 1.807) is 0 Å². The first kappa shape index (κ1) is 10.8. The van der Waals surface area contributed by atoms with Crippen LogP contribution in [-0.2, 0) is 9.05 Å². The number of nitrogens with one attached hydrogen (secondary N) is 1. The van der Waals surface area contributed by atoms with Crippen molar-refractivity contribution in [3.8, 4) is 11.2 Å². The Morgan fingerprint density at radius 1 is 1.54 bits per heavy atom. The molecule has 0 bridgehead atoms. The molecule has 1 aliphatic rings. The minimum absolute atomic E-state index is 0.472. The number of piperidine rings is 1. The van der Waals surface area contributed by atoms with Gasteiger partial charge in [-0.2, -0.15) is 8.42 Å². The fourth-order valence-electron chi connectivity index (χ4n) is 1.37. The number of rotatable bonds is 1. The highest BCUT2D eigenvalue weighted by Crippen LogP contribution is 2.12. The van der Waals surface area contributed by atoms with Crippen molar-refractivity contribution in [2.75, 3.05) is 13.1 Å². The van der Waals surface area contributed by atoms with Crippen LogP contribution in [0.1, 0.15) is 19.3 Å². The van der Waals surface area contributed by atoms with Gasteiger partial charge in [0, 0.05) is 22.4 Å². The van der Waals surface area contributed by atoms with Crippen molar-refractivity contribution in [1.82, 2.24) is 5.32 Å². The van der Waals surface area contributed by atoms with Crippen molar-refractivity contribution in [3.05, 3.63) is 0 Å². The van der Waals surface area contributed by atoms with Gasteiger partial charge in [-0.25, -0.2) is 0 Å². The maximum atomic E-state index is 10.4. The fourth-order valence-corrected chi connectivity index (χ4v) is 1.79. The Balaban J connectivity index is 2.35. The van der Waals surface area contributed by atoms with Crippen molar-refractivity contribution in [1.29, 1.82) is 0 Å². The summed E-state index contributed by atoms with van der Waals surface area (Å²) >= 11 is 0. The summed E-state index contributed by atoms with van der Waals surface area (Å²) in [6.07, 6.45) is 2.86. The number of hydrogen-bond acceptors (Lipinski definition) is 3. The van der Waals surface area contributed by atoms with Crippen LogP contribution in [0.4, 0.5) is 0 Å². The SMILES string of the molecule is O=S(=O)(Cl)C#CCC1CCCNC1. The predicted molar refractivity (Wildman–Crippen MR) is 52.8 cm³/mol. The van der Waals surface area contributed by atoms with Crippen molar-refractivity contribution >= 4 is 19.7 Å². The Bertz CT molecular complexity index is 309. The van der Waals surface area contributed by atoms with E-state index >= 15 is 0 Å². The first-order chi connectivity index (χ1) is 6.08. The van der Waals surface area contributed by atoms with E-state index in [0.29, 0.717) is 12.3 Å². The Hall–Kier alpha value is -0.240. The second kappa shape index (κ2) is 4.85. The molecule has 1 fully saturated rings. The molecule has 0 aromatic rings. The van der Waals surface area contributed by atoms with Gasteiger partial charge < -0.3 is 5.32 Å². The Morgan fingerprint density at radius 3 is 2.85 bits per heavy atom. The summed E-state index contributed by atoms with van der Waals surface area (Å²) in [5.41, 5.74) is 0. The van der Waals surface area contributed by atoms with Gasteiger partial charge >= 0.3 is 9.05 Å². The molecule has 3 nitrogen and oxygen atoms in total. The van der Waals surface area contributed by atoms with E-state index in [9.17, 15) is 8.42 Å². The molecule has 1 heterocycles. The minimum atomic E-state index is -3.63. The Kier molecular flexibility index (Phi) is 4.04. The summed E-state index contributed by atoms with van der Waals surface area (Å²) in [6, 6.07) is 0. The van der Waals surface area contributed by atoms with Crippen molar-refractivity contribution in [3.63, 3.8) is 0 Å². The van der Waals surface area contributed by atoms with Gasteiger partial charge in [-0.1, -0.05) is 5.92 Å². The molecular weight excluding hydrogens is 210 g/mol. The molecule has 0 aliphatic carbocycles. The molecule has 1 rings (SSSR count). The van der Waals surface area contributed by atoms with Crippen LogP contribution in [0.2, 0.25) is 0 Å². The lowest BCUT2D eigenvalue weighted by Crippen LogP contribution is -2.29. The molecule has 0 aromatic carbocycles. The van der Waals surface area contributed by atoms with E-state index in [0.717, 1.165) is 25.9 Å². The van der Waals surface area contributed by atoms with E-state index in [1.165, 1.54) is 0 Å². The van der Waals surface area contributed by atoms with Gasteiger partial charge in [0.05, 0.1) is 0 Å². The molecule has 13 heavy (non-hydrogen) atoms. The van der Waals surface area contributed by atoms with Gasteiger partial charge in [-0.15, -0.1) is 0 Å². The quantitative estimate of drug-likeness (QED) is 0.529. The lowest BCUT2D eigenvalue weighted by atomic mass is 9.97. The summed E-state index contributed by atoms with van der Waals surface area (Å²) < 4.78 is 20.9. The van der Waals surface area contributed by atoms with E-state index < -0.39 is 9.05 Å². The first-order valence-corrected chi connectivity index (χ1v) is 6.54. The van der Waals surface area contributed by atoms with E-state index in [2.05, 4.69) is 11.2 Å². The zero-order valence-corrected chi connectivity index (χ0v) is 8.79. The molecule has 1 atom stereocenters. The summed E-state index contributed by atoms with van der Waals surface area (Å²) in [6.45, 7) is 1.98. The van der Waals surface area contributed by atoms with Crippen LogP contribution >= 0.6 is 10.7 Å². The van der Waals surface area contributed by atoms with E-state index in [1.807, 2.05) is 5.25 Å². The summed E-state index contributed by atoms with van der Waals surface area (Å²) in [7, 11) is 1.30. The molecule has 1 N–H and O–H groups in total. The van der Waals surface area contributed by atoms with Crippen LogP contribution in [0, 0.1) is 17.1 Å². The standard InChI is InChI=1S/C8H12ClNO2S/c9-13(11,12)6-2-4-8-3-1-5-10-7-8/h8,10H,1,3-5,7H2. The Labute approximate surface area is 83.3 Å². The molecule has 0 aromatic heterocycles. The van der Waals surface area contributed by atoms with Crippen molar-refractivity contribution < 1.29 is 8.42 Å². The second-order valence-electron chi connectivity index (χ2n) is 3.13. The van der Waals surface area contributed by atoms with Crippen LogP contribution in [0.3, 0.4) is 0 Å². The third-order valence-electron chi connectivity index (χ3n) is 1.98. The van der Waals surface area contributed by atoms with Crippen LogP contribution < -0.4 is 5.32 Å². The largest absolute Gasteiger partial charge is 0.316 e.